The minimum absolute atomic E-state index is 0.0434. The molecule has 0 aliphatic carbocycles. The van der Waals surface area contributed by atoms with E-state index < -0.39 is 5.97 Å². The van der Waals surface area contributed by atoms with Gasteiger partial charge in [0.25, 0.3) is 0 Å². The summed E-state index contributed by atoms with van der Waals surface area (Å²) in [5, 5.41) is 8.21. The maximum absolute atomic E-state index is 11.6. The van der Waals surface area contributed by atoms with E-state index >= 15 is 0 Å². The van der Waals surface area contributed by atoms with Gasteiger partial charge in [-0.1, -0.05) is 223 Å². The van der Waals surface area contributed by atoms with Crippen molar-refractivity contribution in [3.8, 4) is 0 Å². The lowest BCUT2D eigenvalue weighted by Crippen LogP contribution is -2.19. The van der Waals surface area contributed by atoms with Gasteiger partial charge >= 0.3 is 71.6 Å². The Hall–Kier alpha value is -6.69. The fourth-order valence-electron chi connectivity index (χ4n) is 7.80. The topological polar surface area (TPSA) is 344 Å². The van der Waals surface area contributed by atoms with Crippen LogP contribution in [-0.4, -0.2) is 155 Å². The Kier molecular flexibility index (Phi) is 132. The smallest absolute Gasteiger partial charge is 0.308 e. The van der Waals surface area contributed by atoms with Crippen LogP contribution >= 0.6 is 0 Å². The molecule has 0 spiro atoms. The zero-order chi connectivity index (χ0) is 94.6. The Bertz CT molecular complexity index is 2260. The van der Waals surface area contributed by atoms with Crippen LogP contribution in [0.3, 0.4) is 0 Å². The van der Waals surface area contributed by atoms with Crippen LogP contribution in [0, 0.1) is 41.4 Å². The predicted octanol–water partition coefficient (Wildman–Crippen LogP) is 23.2. The number of carbonyl (C=O) groups is 13. The molecule has 25 nitrogen and oxygen atoms in total. The Balaban J connectivity index is -0.000000106. The molecule has 0 aliphatic rings. The molecule has 0 fully saturated rings. The summed E-state index contributed by atoms with van der Waals surface area (Å²) < 4.78 is 53.0. The molecule has 0 amide bonds. The Morgan fingerprint density at radius 2 is 0.588 bits per heavy atom. The number of ketones is 1. The molecule has 25 heteroatoms. The van der Waals surface area contributed by atoms with Crippen molar-refractivity contribution in [1.82, 2.24) is 0 Å². The Morgan fingerprint density at radius 3 is 0.899 bits per heavy atom. The van der Waals surface area contributed by atoms with Crippen molar-refractivity contribution >= 4 is 77.4 Å². The minimum Gasteiger partial charge on any atom is -0.481 e. The number of Topliss-reactive ketones (excluding diaryl/α,β-unsaturated/α-hetero) is 1. The monoisotopic (exact) mass is 1720 g/mol. The summed E-state index contributed by atoms with van der Waals surface area (Å²) in [7, 11) is 0. The van der Waals surface area contributed by atoms with E-state index in [2.05, 4.69) is 97.3 Å². The normalized spacial score (nSPS) is 10.2. The molecule has 0 bridgehead atoms. The summed E-state index contributed by atoms with van der Waals surface area (Å²) in [6, 6.07) is 0. The molecule has 0 aromatic rings. The lowest BCUT2D eigenvalue weighted by atomic mass is 9.98. The van der Waals surface area contributed by atoms with Crippen LogP contribution in [0.2, 0.25) is 0 Å². The molecular formula is C94H186O25. The summed E-state index contributed by atoms with van der Waals surface area (Å²) in [5.74, 6) is 1.05. The van der Waals surface area contributed by atoms with Gasteiger partial charge in [-0.2, -0.15) is 0 Å². The van der Waals surface area contributed by atoms with Crippen molar-refractivity contribution in [1.29, 1.82) is 0 Å². The number of carboxylic acid groups (broad SMARTS) is 1. The fraction of sp³-hybridized carbons (Fsp3) is 0.862. The molecule has 119 heavy (non-hydrogen) atoms. The number of carboxylic acids is 1. The second kappa shape index (κ2) is 113. The van der Waals surface area contributed by atoms with E-state index in [1.54, 1.807) is 13.8 Å². The maximum Gasteiger partial charge on any atom is 0.308 e. The molecule has 0 radical (unpaired) electrons. The average molecular weight is 1720 g/mol. The lowest BCUT2D eigenvalue weighted by molar-refractivity contribution is -0.150. The van der Waals surface area contributed by atoms with Gasteiger partial charge in [-0.3, -0.25) is 57.5 Å². The largest absolute Gasteiger partial charge is 0.481 e. The highest BCUT2D eigenvalue weighted by molar-refractivity contribution is 5.76. The summed E-state index contributed by atoms with van der Waals surface area (Å²) in [4.78, 5) is 136. The second-order valence-corrected chi connectivity index (χ2v) is 31.0. The van der Waals surface area contributed by atoms with Crippen LogP contribution in [0.5, 0.6) is 0 Å². The number of aliphatic carboxylic acids is 1. The van der Waals surface area contributed by atoms with Crippen LogP contribution in [0.1, 0.15) is 420 Å². The molecule has 0 aliphatic heterocycles. The van der Waals surface area contributed by atoms with Crippen molar-refractivity contribution < 1.29 is 120 Å². The van der Waals surface area contributed by atoms with Crippen molar-refractivity contribution in [3.63, 3.8) is 0 Å². The molecule has 1 N–H and O–H groups in total. The van der Waals surface area contributed by atoms with Crippen LogP contribution in [0.25, 0.3) is 0 Å². The van der Waals surface area contributed by atoms with Crippen LogP contribution in [0.4, 0.5) is 0 Å². The first kappa shape index (κ1) is 138. The van der Waals surface area contributed by atoms with E-state index in [0.29, 0.717) is 140 Å². The van der Waals surface area contributed by atoms with Gasteiger partial charge in [0.15, 0.2) is 0 Å². The number of esters is 11. The summed E-state index contributed by atoms with van der Waals surface area (Å²) in [6.07, 6.45) is 29.4. The molecule has 0 rings (SSSR count). The molecular weight excluding hydrogens is 1530 g/mol. The number of carbonyl (C=O) groups excluding carboxylic acids is 12. The average Bonchev–Trinajstić information content (AvgIpc) is 0.947. The van der Waals surface area contributed by atoms with Crippen molar-refractivity contribution in [2.45, 2.75) is 426 Å². The van der Waals surface area contributed by atoms with Gasteiger partial charge < -0.3 is 62.0 Å². The van der Waals surface area contributed by atoms with E-state index in [1.807, 2.05) is 76.2 Å². The Labute approximate surface area is 727 Å². The van der Waals surface area contributed by atoms with Gasteiger partial charge in [0.1, 0.15) is 5.78 Å². The zero-order valence-corrected chi connectivity index (χ0v) is 82.1. The summed E-state index contributed by atoms with van der Waals surface area (Å²) >= 11 is 0. The zero-order valence-electron chi connectivity index (χ0n) is 82.1. The van der Waals surface area contributed by atoms with Crippen molar-refractivity contribution in [2.24, 2.45) is 41.4 Å². The van der Waals surface area contributed by atoms with E-state index in [-0.39, 0.29) is 83.5 Å². The first-order valence-electron chi connectivity index (χ1n) is 45.1. The summed E-state index contributed by atoms with van der Waals surface area (Å²) in [6.45, 7) is 64.7. The predicted molar refractivity (Wildman–Crippen MR) is 480 cm³/mol. The highest BCUT2D eigenvalue weighted by Crippen LogP contribution is 2.16. The number of hydrogen-bond donors (Lipinski definition) is 1. The maximum atomic E-state index is 11.6. The van der Waals surface area contributed by atoms with Gasteiger partial charge in [-0.05, 0) is 153 Å². The van der Waals surface area contributed by atoms with Crippen LogP contribution < -0.4 is 0 Å². The van der Waals surface area contributed by atoms with E-state index in [4.69, 9.17) is 43.0 Å². The number of rotatable bonds is 51. The van der Waals surface area contributed by atoms with Gasteiger partial charge in [0.2, 0.25) is 0 Å². The van der Waals surface area contributed by atoms with E-state index in [9.17, 15) is 62.3 Å². The fourth-order valence-corrected chi connectivity index (χ4v) is 7.80. The first-order valence-corrected chi connectivity index (χ1v) is 45.1. The molecule has 2 unspecified atom stereocenters. The van der Waals surface area contributed by atoms with Gasteiger partial charge in [0, 0.05) is 80.1 Å². The molecule has 0 saturated carbocycles. The second-order valence-electron chi connectivity index (χ2n) is 31.0. The van der Waals surface area contributed by atoms with Crippen LogP contribution in [-0.2, 0) is 114 Å². The third-order valence-corrected chi connectivity index (χ3v) is 14.5. The Morgan fingerprint density at radius 1 is 0.261 bits per heavy atom. The van der Waals surface area contributed by atoms with E-state index in [0.717, 1.165) is 135 Å². The first-order chi connectivity index (χ1) is 55.8. The number of hydrogen-bond acceptors (Lipinski definition) is 24. The van der Waals surface area contributed by atoms with Gasteiger partial charge in [-0.15, -0.1) is 0 Å². The van der Waals surface area contributed by atoms with Crippen molar-refractivity contribution in [3.05, 3.63) is 0 Å². The minimum atomic E-state index is -0.675. The molecule has 0 aromatic carbocycles. The van der Waals surface area contributed by atoms with Crippen molar-refractivity contribution in [2.75, 3.05) is 66.1 Å². The third-order valence-electron chi connectivity index (χ3n) is 14.5. The lowest BCUT2D eigenvalue weighted by Gasteiger charge is -2.14. The van der Waals surface area contributed by atoms with Crippen LogP contribution in [0.15, 0.2) is 0 Å². The number of unbranched alkanes of at least 4 members (excludes halogenated alkanes) is 10. The third kappa shape index (κ3) is 183. The molecule has 0 aromatic heterocycles. The summed E-state index contributed by atoms with van der Waals surface area (Å²) in [5.41, 5.74) is 0. The highest BCUT2D eigenvalue weighted by atomic mass is 16.6. The highest BCUT2D eigenvalue weighted by Gasteiger charge is 2.18. The van der Waals surface area contributed by atoms with E-state index in [1.165, 1.54) is 73.6 Å². The molecule has 0 heterocycles. The number of ether oxygens (including phenoxy) is 11. The quantitative estimate of drug-likeness (QED) is 0.0336. The molecule has 2 atom stereocenters. The standard InChI is InChI=1S/C13H24O3.C10H20O2.2C9H18O2.2C8H16O2.3C7H14O2.2C6H12O2.C4H8O2/c1-5-12(8-6-7-11(4)14)13(15)16-9-10(2)3;1-8(2)5-6-12-10(11)7-9(3)4;1-4-5-9(10)11-7-6-8(2)3;1-4-6-8(3)11-9(10)7-5-2;1-3-4-5-6-7-10-8(2)9;1-3-5-7-10-8(9)6-4-2;1-6(2)4-5-9-7(3)8;1-3-4-5-6-9-7(2)8;1-2-3-4-5-6-7(8)9;1-5(2)4-8-6(3)7;1-3-4-5-8-6(2)7;1-3-6-4(2)5/h10,12H,5-9H2,1-4H3;8-9H,5-7H2,1-4H3;2*8H,4-7H2,1-3H3;2*3-7H2,1-2H3;6H,4-5H2,1-3H3;3-6H2,1-2H3;2-6H2,1H3,(H,8,9);5H,4H2,1-3H3;3-5H2,1-2H3;3H2,1-2H3. The van der Waals surface area contributed by atoms with Gasteiger partial charge in [-0.25, -0.2) is 0 Å². The SMILES string of the molecule is CC(=O)OCC(C)C.CC(=O)OCCC(C)C.CC(C)CCOC(=O)CC(C)C.CCC(CCCC(C)=O)C(=O)OCC(C)C.CCCC(=O)OC(C)CCC.CCCC(=O)OCCC(C)C.CCCCCCC(=O)O.CCCCCCOC(C)=O.CCCCCOC(C)=O.CCCCOC(=O)CCC.CCCCOC(C)=O.CCOC(C)=O. The molecule has 0 saturated heterocycles. The van der Waals surface area contributed by atoms with Gasteiger partial charge in [0.05, 0.1) is 78.1 Å². The molecule has 712 valence electrons.